The number of rotatable bonds is 9. The zero-order valence-electron chi connectivity index (χ0n) is 16.1. The molecule has 2 aromatic carbocycles. The fourth-order valence-corrected chi connectivity index (χ4v) is 3.19. The molecule has 3 rings (SSSR count). The van der Waals surface area contributed by atoms with E-state index in [2.05, 4.69) is 45.0 Å². The van der Waals surface area contributed by atoms with Crippen LogP contribution in [0.15, 0.2) is 48.5 Å². The highest BCUT2D eigenvalue weighted by Gasteiger charge is 2.15. The minimum atomic E-state index is -0.0733. The first-order chi connectivity index (χ1) is 13.7. The van der Waals surface area contributed by atoms with Crippen molar-refractivity contribution in [1.29, 1.82) is 0 Å². The third kappa shape index (κ3) is 4.80. The van der Waals surface area contributed by atoms with Crippen molar-refractivity contribution < 1.29 is 4.79 Å². The summed E-state index contributed by atoms with van der Waals surface area (Å²) in [4.78, 5) is 12.2. The van der Waals surface area contributed by atoms with Crippen LogP contribution in [0.4, 0.5) is 0 Å². The topological polar surface area (TPSA) is 110 Å². The Morgan fingerprint density at radius 1 is 1.14 bits per heavy atom. The molecule has 0 aliphatic heterocycles. The third-order valence-electron chi connectivity index (χ3n) is 4.69. The van der Waals surface area contributed by atoms with Crippen LogP contribution in [0.1, 0.15) is 44.2 Å². The summed E-state index contributed by atoms with van der Waals surface area (Å²) in [6.45, 7) is 2.59. The van der Waals surface area contributed by atoms with Crippen molar-refractivity contribution in [3.8, 4) is 22.5 Å². The number of aromatic amines is 1. The molecule has 1 amide bonds. The first-order valence-corrected chi connectivity index (χ1v) is 9.65. The van der Waals surface area contributed by atoms with E-state index in [1.165, 1.54) is 0 Å². The standard InChI is InChI=1S/C21H26N6O/c1-2-3-8-20(28)23-19(13-14-22)16-11-9-15(10-12-16)17-6-4-5-7-18(17)21-24-26-27-25-21/h4-7,9-12,19H,2-3,8,13-14,22H2,1H3,(H,23,28)(H,24,25,26,27). The minimum Gasteiger partial charge on any atom is -0.349 e. The molecule has 0 radical (unpaired) electrons. The molecule has 4 N–H and O–H groups in total. The van der Waals surface area contributed by atoms with Gasteiger partial charge in [-0.1, -0.05) is 61.9 Å². The first-order valence-electron chi connectivity index (χ1n) is 9.65. The van der Waals surface area contributed by atoms with Crippen LogP contribution in [0.2, 0.25) is 0 Å². The van der Waals surface area contributed by atoms with Crippen LogP contribution in [0.25, 0.3) is 22.5 Å². The number of aromatic nitrogens is 4. The van der Waals surface area contributed by atoms with Gasteiger partial charge >= 0.3 is 0 Å². The molecule has 1 atom stereocenters. The van der Waals surface area contributed by atoms with Crippen molar-refractivity contribution >= 4 is 5.91 Å². The van der Waals surface area contributed by atoms with E-state index >= 15 is 0 Å². The third-order valence-corrected chi connectivity index (χ3v) is 4.69. The van der Waals surface area contributed by atoms with Gasteiger partial charge in [0.25, 0.3) is 0 Å². The van der Waals surface area contributed by atoms with E-state index < -0.39 is 0 Å². The lowest BCUT2D eigenvalue weighted by Gasteiger charge is -2.19. The van der Waals surface area contributed by atoms with E-state index in [4.69, 9.17) is 5.73 Å². The summed E-state index contributed by atoms with van der Waals surface area (Å²) in [6.07, 6.45) is 3.15. The Bertz CT molecular complexity index is 876. The number of nitrogens with zero attached hydrogens (tertiary/aromatic N) is 3. The maximum atomic E-state index is 12.2. The number of carbonyl (C=O) groups excluding carboxylic acids is 1. The second-order valence-corrected chi connectivity index (χ2v) is 6.70. The van der Waals surface area contributed by atoms with Gasteiger partial charge in [0.15, 0.2) is 0 Å². The first kappa shape index (κ1) is 19.7. The summed E-state index contributed by atoms with van der Waals surface area (Å²) in [5.41, 5.74) is 9.80. The molecule has 3 aromatic rings. The van der Waals surface area contributed by atoms with Crippen LogP contribution in [0.5, 0.6) is 0 Å². The summed E-state index contributed by atoms with van der Waals surface area (Å²) in [6, 6.07) is 16.1. The van der Waals surface area contributed by atoms with Gasteiger partial charge < -0.3 is 11.1 Å². The number of nitrogens with one attached hydrogen (secondary N) is 2. The van der Waals surface area contributed by atoms with Gasteiger partial charge in [-0.05, 0) is 41.3 Å². The van der Waals surface area contributed by atoms with Crippen molar-refractivity contribution in [2.24, 2.45) is 5.73 Å². The number of H-pyrrole nitrogens is 1. The average Bonchev–Trinajstić information content (AvgIpc) is 3.27. The molecule has 0 saturated heterocycles. The summed E-state index contributed by atoms with van der Waals surface area (Å²) in [5, 5.41) is 17.4. The molecular weight excluding hydrogens is 352 g/mol. The lowest BCUT2D eigenvalue weighted by Crippen LogP contribution is -2.29. The number of hydrogen-bond acceptors (Lipinski definition) is 5. The predicted molar refractivity (Wildman–Crippen MR) is 109 cm³/mol. The monoisotopic (exact) mass is 378 g/mol. The quantitative estimate of drug-likeness (QED) is 0.529. The Hall–Kier alpha value is -3.06. The zero-order chi connectivity index (χ0) is 19.8. The fourth-order valence-electron chi connectivity index (χ4n) is 3.19. The molecule has 0 aliphatic rings. The van der Waals surface area contributed by atoms with Crippen molar-refractivity contribution in [2.45, 2.75) is 38.6 Å². The number of carbonyl (C=O) groups is 1. The number of nitrogens with two attached hydrogens (primary N) is 1. The molecule has 28 heavy (non-hydrogen) atoms. The normalized spacial score (nSPS) is 11.9. The number of benzene rings is 2. The molecule has 146 valence electrons. The van der Waals surface area contributed by atoms with Crippen molar-refractivity contribution in [3.05, 3.63) is 54.1 Å². The Balaban J connectivity index is 1.82. The molecule has 7 nitrogen and oxygen atoms in total. The van der Waals surface area contributed by atoms with Crippen LogP contribution in [0.3, 0.4) is 0 Å². The van der Waals surface area contributed by atoms with E-state index in [9.17, 15) is 4.79 Å². The lowest BCUT2D eigenvalue weighted by atomic mass is 9.96. The highest BCUT2D eigenvalue weighted by molar-refractivity contribution is 5.80. The second-order valence-electron chi connectivity index (χ2n) is 6.70. The van der Waals surface area contributed by atoms with Crippen LogP contribution in [0, 0.1) is 0 Å². The van der Waals surface area contributed by atoms with Gasteiger partial charge in [0.05, 0.1) is 6.04 Å². The summed E-state index contributed by atoms with van der Waals surface area (Å²) >= 11 is 0. The van der Waals surface area contributed by atoms with Gasteiger partial charge in [-0.2, -0.15) is 5.21 Å². The van der Waals surface area contributed by atoms with E-state index in [0.29, 0.717) is 25.2 Å². The van der Waals surface area contributed by atoms with Crippen LogP contribution in [-0.2, 0) is 4.79 Å². The Morgan fingerprint density at radius 2 is 1.89 bits per heavy atom. The van der Waals surface area contributed by atoms with E-state index in [1.807, 2.05) is 36.4 Å². The predicted octanol–water partition coefficient (Wildman–Crippen LogP) is 3.23. The van der Waals surface area contributed by atoms with Crippen LogP contribution >= 0.6 is 0 Å². The Kier molecular flexibility index (Phi) is 6.86. The van der Waals surface area contributed by atoms with Crippen molar-refractivity contribution in [1.82, 2.24) is 25.9 Å². The number of amides is 1. The second kappa shape index (κ2) is 9.75. The Morgan fingerprint density at radius 3 is 2.54 bits per heavy atom. The largest absolute Gasteiger partial charge is 0.349 e. The maximum Gasteiger partial charge on any atom is 0.220 e. The molecule has 1 aromatic heterocycles. The number of hydrogen-bond donors (Lipinski definition) is 3. The number of tetrazole rings is 1. The summed E-state index contributed by atoms with van der Waals surface area (Å²) < 4.78 is 0. The summed E-state index contributed by atoms with van der Waals surface area (Å²) in [7, 11) is 0. The highest BCUT2D eigenvalue weighted by atomic mass is 16.1. The van der Waals surface area contributed by atoms with E-state index in [1.54, 1.807) is 0 Å². The minimum absolute atomic E-state index is 0.0733. The van der Waals surface area contributed by atoms with E-state index in [-0.39, 0.29) is 11.9 Å². The van der Waals surface area contributed by atoms with Gasteiger partial charge in [-0.25, -0.2) is 0 Å². The van der Waals surface area contributed by atoms with Gasteiger partial charge in [0.2, 0.25) is 11.7 Å². The molecule has 0 aliphatic carbocycles. The number of unbranched alkanes of at least 4 members (excludes halogenated alkanes) is 1. The summed E-state index contributed by atoms with van der Waals surface area (Å²) in [5.74, 6) is 0.635. The highest BCUT2D eigenvalue weighted by Crippen LogP contribution is 2.30. The van der Waals surface area contributed by atoms with Gasteiger partial charge in [0.1, 0.15) is 0 Å². The van der Waals surface area contributed by atoms with Gasteiger partial charge in [-0.3, -0.25) is 4.79 Å². The molecule has 0 bridgehead atoms. The molecule has 1 unspecified atom stereocenters. The smallest absolute Gasteiger partial charge is 0.220 e. The van der Waals surface area contributed by atoms with Crippen LogP contribution in [-0.4, -0.2) is 33.1 Å². The molecule has 7 heteroatoms. The van der Waals surface area contributed by atoms with Crippen molar-refractivity contribution in [2.75, 3.05) is 6.54 Å². The zero-order valence-corrected chi connectivity index (χ0v) is 16.1. The fraction of sp³-hybridized carbons (Fsp3) is 0.333. The molecule has 1 heterocycles. The van der Waals surface area contributed by atoms with Crippen LogP contribution < -0.4 is 11.1 Å². The SMILES string of the molecule is CCCCC(=O)NC(CCN)c1ccc(-c2ccccc2-c2nn[nH]n2)cc1. The van der Waals surface area contributed by atoms with Gasteiger partial charge in [-0.15, -0.1) is 10.2 Å². The van der Waals surface area contributed by atoms with E-state index in [0.717, 1.165) is 35.1 Å². The average molecular weight is 378 g/mol. The Labute approximate surface area is 164 Å². The van der Waals surface area contributed by atoms with Gasteiger partial charge in [0, 0.05) is 12.0 Å². The molecule has 0 spiro atoms. The molecule has 0 fully saturated rings. The van der Waals surface area contributed by atoms with Crippen molar-refractivity contribution in [3.63, 3.8) is 0 Å². The maximum absolute atomic E-state index is 12.2. The molecule has 0 saturated carbocycles. The molecular formula is C21H26N6O. The lowest BCUT2D eigenvalue weighted by molar-refractivity contribution is -0.122.